The van der Waals surface area contributed by atoms with Gasteiger partial charge in [0.2, 0.25) is 0 Å². The van der Waals surface area contributed by atoms with E-state index in [1.165, 1.54) is 16.7 Å². The van der Waals surface area contributed by atoms with Gasteiger partial charge in [-0.1, -0.05) is 60.2 Å². The fourth-order valence-corrected chi connectivity index (χ4v) is 2.34. The van der Waals surface area contributed by atoms with Crippen LogP contribution in [0.2, 0.25) is 0 Å². The van der Waals surface area contributed by atoms with E-state index in [9.17, 15) is 0 Å². The molecule has 0 spiro atoms. The minimum absolute atomic E-state index is 0.114. The van der Waals surface area contributed by atoms with Crippen LogP contribution in [-0.2, 0) is 11.3 Å². The second kappa shape index (κ2) is 7.22. The van der Waals surface area contributed by atoms with Crippen LogP contribution in [0.25, 0.3) is 0 Å². The minimum atomic E-state index is 0.114. The van der Waals surface area contributed by atoms with Gasteiger partial charge in [0.15, 0.2) is 0 Å². The lowest BCUT2D eigenvalue weighted by atomic mass is 10.0. The van der Waals surface area contributed by atoms with Crippen LogP contribution in [0.15, 0.2) is 54.6 Å². The minimum Gasteiger partial charge on any atom is -0.372 e. The molecule has 2 unspecified atom stereocenters. The highest BCUT2D eigenvalue weighted by molar-refractivity contribution is 5.25. The van der Waals surface area contributed by atoms with Crippen molar-refractivity contribution in [3.8, 4) is 0 Å². The van der Waals surface area contributed by atoms with Gasteiger partial charge in [-0.2, -0.15) is 0 Å². The summed E-state index contributed by atoms with van der Waals surface area (Å²) in [5.41, 5.74) is 3.75. The van der Waals surface area contributed by atoms with Crippen LogP contribution in [0.3, 0.4) is 0 Å². The summed E-state index contributed by atoms with van der Waals surface area (Å²) >= 11 is 0. The molecule has 20 heavy (non-hydrogen) atoms. The van der Waals surface area contributed by atoms with Crippen molar-refractivity contribution in [1.82, 2.24) is 5.32 Å². The van der Waals surface area contributed by atoms with Crippen molar-refractivity contribution >= 4 is 0 Å². The Labute approximate surface area is 121 Å². The normalized spacial score (nSPS) is 13.9. The molecule has 2 aromatic carbocycles. The zero-order chi connectivity index (χ0) is 14.4. The van der Waals surface area contributed by atoms with Gasteiger partial charge in [0, 0.05) is 0 Å². The number of benzene rings is 2. The van der Waals surface area contributed by atoms with Crippen molar-refractivity contribution in [3.63, 3.8) is 0 Å². The van der Waals surface area contributed by atoms with Gasteiger partial charge in [-0.05, 0) is 32.0 Å². The Kier molecular flexibility index (Phi) is 5.33. The highest BCUT2D eigenvalue weighted by atomic mass is 16.5. The molecule has 0 bridgehead atoms. The molecule has 0 radical (unpaired) electrons. The molecule has 0 saturated heterocycles. The first-order chi connectivity index (χ1) is 9.70. The van der Waals surface area contributed by atoms with Gasteiger partial charge < -0.3 is 10.1 Å². The largest absolute Gasteiger partial charge is 0.372 e. The number of ether oxygens (including phenoxy) is 1. The summed E-state index contributed by atoms with van der Waals surface area (Å²) in [5, 5.41) is 3.35. The number of hydrogen-bond donors (Lipinski definition) is 1. The zero-order valence-corrected chi connectivity index (χ0v) is 12.5. The maximum atomic E-state index is 6.00. The van der Waals surface area contributed by atoms with E-state index in [1.54, 1.807) is 0 Å². The zero-order valence-electron chi connectivity index (χ0n) is 12.5. The SMILES string of the molecule is CNC(c1ccc(C)cc1)C(C)OCc1ccccc1. The van der Waals surface area contributed by atoms with Crippen molar-refractivity contribution in [2.24, 2.45) is 0 Å². The molecule has 0 aliphatic carbocycles. The Hall–Kier alpha value is -1.64. The van der Waals surface area contributed by atoms with Crippen LogP contribution in [0, 0.1) is 6.92 Å². The molecule has 2 heteroatoms. The number of aryl methyl sites for hydroxylation is 1. The highest BCUT2D eigenvalue weighted by Gasteiger charge is 2.17. The van der Waals surface area contributed by atoms with Crippen molar-refractivity contribution in [3.05, 3.63) is 71.3 Å². The number of nitrogens with one attached hydrogen (secondary N) is 1. The summed E-state index contributed by atoms with van der Waals surface area (Å²) in [6.07, 6.45) is 0.114. The summed E-state index contributed by atoms with van der Waals surface area (Å²) in [7, 11) is 1.98. The molecule has 0 amide bonds. The van der Waals surface area contributed by atoms with Gasteiger partial charge in [0.1, 0.15) is 0 Å². The molecule has 106 valence electrons. The molecule has 2 nitrogen and oxygen atoms in total. The summed E-state index contributed by atoms with van der Waals surface area (Å²) in [5.74, 6) is 0. The van der Waals surface area contributed by atoms with Gasteiger partial charge in [0.05, 0.1) is 18.8 Å². The number of hydrogen-bond acceptors (Lipinski definition) is 2. The molecule has 0 saturated carbocycles. The van der Waals surface area contributed by atoms with Crippen molar-refractivity contribution in [2.75, 3.05) is 7.05 Å². The molecule has 0 aromatic heterocycles. The Morgan fingerprint density at radius 2 is 1.65 bits per heavy atom. The van der Waals surface area contributed by atoms with E-state index in [1.807, 2.05) is 25.2 Å². The molecule has 1 N–H and O–H groups in total. The van der Waals surface area contributed by atoms with E-state index in [-0.39, 0.29) is 12.1 Å². The van der Waals surface area contributed by atoms with Crippen molar-refractivity contribution < 1.29 is 4.74 Å². The molecule has 2 aromatic rings. The van der Waals surface area contributed by atoms with Crippen LogP contribution in [-0.4, -0.2) is 13.2 Å². The second-order valence-electron chi connectivity index (χ2n) is 5.18. The third kappa shape index (κ3) is 3.92. The lowest BCUT2D eigenvalue weighted by Gasteiger charge is -2.24. The average Bonchev–Trinajstić information content (AvgIpc) is 2.49. The van der Waals surface area contributed by atoms with Crippen molar-refractivity contribution in [2.45, 2.75) is 32.6 Å². The fourth-order valence-electron chi connectivity index (χ4n) is 2.34. The van der Waals surface area contributed by atoms with Crippen LogP contribution in [0.1, 0.15) is 29.7 Å². The quantitative estimate of drug-likeness (QED) is 0.859. The fraction of sp³-hybridized carbons (Fsp3) is 0.333. The number of rotatable bonds is 6. The van der Waals surface area contributed by atoms with Gasteiger partial charge >= 0.3 is 0 Å². The second-order valence-corrected chi connectivity index (χ2v) is 5.18. The first kappa shape index (κ1) is 14.8. The van der Waals surface area contributed by atoms with Crippen LogP contribution in [0.5, 0.6) is 0 Å². The highest BCUT2D eigenvalue weighted by Crippen LogP contribution is 2.20. The summed E-state index contributed by atoms with van der Waals surface area (Å²) in [4.78, 5) is 0. The first-order valence-electron chi connectivity index (χ1n) is 7.10. The summed E-state index contributed by atoms with van der Waals surface area (Å²) < 4.78 is 6.00. The van der Waals surface area contributed by atoms with E-state index in [0.717, 1.165) is 0 Å². The van der Waals surface area contributed by atoms with E-state index in [2.05, 4.69) is 55.6 Å². The molecule has 2 rings (SSSR count). The molecule has 0 aliphatic heterocycles. The molecular weight excluding hydrogens is 246 g/mol. The smallest absolute Gasteiger partial charge is 0.0746 e. The predicted octanol–water partition coefficient (Wildman–Crippen LogP) is 3.86. The predicted molar refractivity (Wildman–Crippen MR) is 83.7 cm³/mol. The third-order valence-electron chi connectivity index (χ3n) is 3.57. The first-order valence-corrected chi connectivity index (χ1v) is 7.10. The lowest BCUT2D eigenvalue weighted by molar-refractivity contribution is 0.0283. The monoisotopic (exact) mass is 269 g/mol. The Balaban J connectivity index is 1.98. The van der Waals surface area contributed by atoms with Crippen LogP contribution >= 0.6 is 0 Å². The standard InChI is InChI=1S/C18H23NO/c1-14-9-11-17(12-10-14)18(19-3)15(2)20-13-16-7-5-4-6-8-16/h4-12,15,18-19H,13H2,1-3H3. The Bertz CT molecular complexity index is 507. The molecule has 0 aliphatic rings. The van der Waals surface area contributed by atoms with Crippen molar-refractivity contribution in [1.29, 1.82) is 0 Å². The molecule has 0 fully saturated rings. The lowest BCUT2D eigenvalue weighted by Crippen LogP contribution is -2.29. The number of likely N-dealkylation sites (N-methyl/N-ethyl adjacent to an activating group) is 1. The summed E-state index contributed by atoms with van der Waals surface area (Å²) in [6.45, 7) is 4.86. The summed E-state index contributed by atoms with van der Waals surface area (Å²) in [6, 6.07) is 19.1. The van der Waals surface area contributed by atoms with Gasteiger partial charge in [-0.25, -0.2) is 0 Å². The van der Waals surface area contributed by atoms with Gasteiger partial charge in [-0.15, -0.1) is 0 Å². The van der Waals surface area contributed by atoms with Gasteiger partial charge in [0.25, 0.3) is 0 Å². The Morgan fingerprint density at radius 1 is 1.00 bits per heavy atom. The van der Waals surface area contributed by atoms with Crippen LogP contribution < -0.4 is 5.32 Å². The van der Waals surface area contributed by atoms with E-state index < -0.39 is 0 Å². The molecule has 2 atom stereocenters. The van der Waals surface area contributed by atoms with E-state index in [4.69, 9.17) is 4.74 Å². The maximum Gasteiger partial charge on any atom is 0.0746 e. The topological polar surface area (TPSA) is 21.3 Å². The van der Waals surface area contributed by atoms with Crippen LogP contribution in [0.4, 0.5) is 0 Å². The maximum absolute atomic E-state index is 6.00. The average molecular weight is 269 g/mol. The Morgan fingerprint density at radius 3 is 2.25 bits per heavy atom. The molecule has 0 heterocycles. The van der Waals surface area contributed by atoms with E-state index in [0.29, 0.717) is 6.61 Å². The molecular formula is C18H23NO. The van der Waals surface area contributed by atoms with E-state index >= 15 is 0 Å². The van der Waals surface area contributed by atoms with Gasteiger partial charge in [-0.3, -0.25) is 0 Å². The third-order valence-corrected chi connectivity index (χ3v) is 3.57.